The summed E-state index contributed by atoms with van der Waals surface area (Å²) >= 11 is 7.26. The highest BCUT2D eigenvalue weighted by Gasteiger charge is 2.29. The molecule has 126 valence electrons. The summed E-state index contributed by atoms with van der Waals surface area (Å²) in [5.41, 5.74) is 0.890. The zero-order valence-corrected chi connectivity index (χ0v) is 14.3. The van der Waals surface area contributed by atoms with Gasteiger partial charge < -0.3 is 0 Å². The number of hydrogen-bond acceptors (Lipinski definition) is 5. The molecule has 9 heteroatoms. The number of carbonyl (C=O) groups excluding carboxylic acids is 2. The van der Waals surface area contributed by atoms with Crippen LogP contribution in [0.1, 0.15) is 27.7 Å². The van der Waals surface area contributed by atoms with Crippen molar-refractivity contribution in [2.45, 2.75) is 12.5 Å². The van der Waals surface area contributed by atoms with Gasteiger partial charge in [-0.2, -0.15) is 4.98 Å². The quantitative estimate of drug-likeness (QED) is 0.738. The second-order valence-corrected chi connectivity index (χ2v) is 6.84. The molecule has 2 aromatic heterocycles. The minimum Gasteiger partial charge on any atom is -0.295 e. The normalized spacial score (nSPS) is 16.2. The maximum absolute atomic E-state index is 12.1. The Labute approximate surface area is 151 Å². The first-order valence-corrected chi connectivity index (χ1v) is 8.72. The molecule has 0 saturated heterocycles. The van der Waals surface area contributed by atoms with Gasteiger partial charge in [0.05, 0.1) is 17.3 Å². The lowest BCUT2D eigenvalue weighted by molar-refractivity contribution is -0.117. The van der Waals surface area contributed by atoms with E-state index < -0.39 is 0 Å². The topological polar surface area (TPSA) is 88.9 Å². The van der Waals surface area contributed by atoms with Gasteiger partial charge in [-0.05, 0) is 29.1 Å². The molecule has 0 aliphatic carbocycles. The molecule has 1 aliphatic heterocycles. The first-order chi connectivity index (χ1) is 12.1. The Morgan fingerprint density at radius 3 is 2.84 bits per heavy atom. The van der Waals surface area contributed by atoms with Crippen LogP contribution in [-0.4, -0.2) is 26.6 Å². The summed E-state index contributed by atoms with van der Waals surface area (Å²) in [6.07, 6.45) is 0.232. The molecule has 0 bridgehead atoms. The van der Waals surface area contributed by atoms with Crippen molar-refractivity contribution in [3.8, 4) is 0 Å². The summed E-state index contributed by atoms with van der Waals surface area (Å²) in [5.74, 6) is 0.00976. The average Bonchev–Trinajstić information content (AvgIpc) is 3.24. The number of amides is 2. The van der Waals surface area contributed by atoms with Crippen LogP contribution >= 0.6 is 22.9 Å². The molecule has 0 saturated carbocycles. The third-order valence-electron chi connectivity index (χ3n) is 3.78. The third kappa shape index (κ3) is 3.13. The summed E-state index contributed by atoms with van der Waals surface area (Å²) in [4.78, 5) is 28.9. The van der Waals surface area contributed by atoms with Crippen LogP contribution in [0.15, 0.2) is 41.8 Å². The van der Waals surface area contributed by atoms with E-state index in [-0.39, 0.29) is 30.2 Å². The van der Waals surface area contributed by atoms with Gasteiger partial charge in [0.1, 0.15) is 0 Å². The third-order valence-corrected chi connectivity index (χ3v) is 4.90. The fourth-order valence-electron chi connectivity index (χ4n) is 2.63. The van der Waals surface area contributed by atoms with Gasteiger partial charge in [-0.15, -0.1) is 16.4 Å². The molecule has 0 spiro atoms. The van der Waals surface area contributed by atoms with Crippen molar-refractivity contribution in [3.05, 3.63) is 57.2 Å². The maximum Gasteiger partial charge on any atom is 0.268 e. The van der Waals surface area contributed by atoms with E-state index in [0.29, 0.717) is 15.8 Å². The van der Waals surface area contributed by atoms with Gasteiger partial charge in [-0.25, -0.2) is 4.68 Å². The largest absolute Gasteiger partial charge is 0.295 e. The Hall–Kier alpha value is -2.71. The van der Waals surface area contributed by atoms with Crippen molar-refractivity contribution in [1.82, 2.24) is 14.8 Å². The zero-order valence-electron chi connectivity index (χ0n) is 12.8. The molecule has 1 aliphatic rings. The van der Waals surface area contributed by atoms with E-state index in [2.05, 4.69) is 20.7 Å². The molecule has 2 amide bonds. The molecule has 4 rings (SSSR count). The number of aromatic nitrogens is 3. The van der Waals surface area contributed by atoms with Gasteiger partial charge in [-0.1, -0.05) is 29.8 Å². The predicted octanol–water partition coefficient (Wildman–Crippen LogP) is 3.18. The van der Waals surface area contributed by atoms with Crippen LogP contribution in [0.5, 0.6) is 0 Å². The molecule has 3 aromatic rings. The molecule has 7 nitrogen and oxygen atoms in total. The first kappa shape index (κ1) is 15.8. The monoisotopic (exact) mass is 373 g/mol. The van der Waals surface area contributed by atoms with Gasteiger partial charge in [0.2, 0.25) is 11.9 Å². The number of thiophene rings is 1. The molecule has 25 heavy (non-hydrogen) atoms. The molecule has 2 N–H and O–H groups in total. The molecular weight excluding hydrogens is 362 g/mol. The number of carbonyl (C=O) groups is 2. The molecule has 0 fully saturated rings. The summed E-state index contributed by atoms with van der Waals surface area (Å²) in [6, 6.07) is 10.4. The molecular formula is C16H12ClN5O2S. The Kier molecular flexibility index (Phi) is 3.98. The molecule has 3 heterocycles. The number of fused-ring (bicyclic) bond motifs is 1. The number of nitrogens with zero attached hydrogens (tertiary/aromatic N) is 3. The van der Waals surface area contributed by atoms with Gasteiger partial charge >= 0.3 is 0 Å². The van der Waals surface area contributed by atoms with Gasteiger partial charge in [0, 0.05) is 5.02 Å². The Balaban J connectivity index is 1.64. The lowest BCUT2D eigenvalue weighted by atomic mass is 10.0. The number of nitrogens with one attached hydrogen (secondary N) is 2. The average molecular weight is 374 g/mol. The van der Waals surface area contributed by atoms with Gasteiger partial charge in [0.25, 0.3) is 11.9 Å². The minimum absolute atomic E-state index is 0.148. The van der Waals surface area contributed by atoms with Crippen LogP contribution in [0.4, 0.5) is 11.9 Å². The van der Waals surface area contributed by atoms with Gasteiger partial charge in [0.15, 0.2) is 0 Å². The fourth-order valence-corrected chi connectivity index (χ4v) is 3.38. The highest BCUT2D eigenvalue weighted by atomic mass is 35.5. The van der Waals surface area contributed by atoms with Crippen molar-refractivity contribution >= 4 is 46.6 Å². The van der Waals surface area contributed by atoms with Gasteiger partial charge in [-0.3, -0.25) is 20.2 Å². The van der Waals surface area contributed by atoms with E-state index in [1.54, 1.807) is 28.9 Å². The van der Waals surface area contributed by atoms with Crippen molar-refractivity contribution in [3.63, 3.8) is 0 Å². The van der Waals surface area contributed by atoms with E-state index >= 15 is 0 Å². The minimum atomic E-state index is -0.305. The second kappa shape index (κ2) is 6.30. The summed E-state index contributed by atoms with van der Waals surface area (Å²) in [6.45, 7) is 0. The van der Waals surface area contributed by atoms with Crippen LogP contribution < -0.4 is 10.6 Å². The second-order valence-electron chi connectivity index (χ2n) is 5.45. The SMILES string of the molecule is O=C1C[C@H](c2ccc(Cl)cc2)n2nc(NC(=O)c3cccs3)nc2N1. The predicted molar refractivity (Wildman–Crippen MR) is 95.1 cm³/mol. The first-order valence-electron chi connectivity index (χ1n) is 7.47. The fraction of sp³-hybridized carbons (Fsp3) is 0.125. The summed E-state index contributed by atoms with van der Waals surface area (Å²) in [7, 11) is 0. The molecule has 1 atom stereocenters. The van der Waals surface area contributed by atoms with Crippen LogP contribution in [0.2, 0.25) is 5.02 Å². The van der Waals surface area contributed by atoms with Crippen LogP contribution in [0, 0.1) is 0 Å². The van der Waals surface area contributed by atoms with Crippen molar-refractivity contribution in [2.24, 2.45) is 0 Å². The maximum atomic E-state index is 12.1. The number of anilines is 2. The zero-order chi connectivity index (χ0) is 17.4. The number of benzene rings is 1. The van der Waals surface area contributed by atoms with Crippen LogP contribution in [-0.2, 0) is 4.79 Å². The summed E-state index contributed by atoms with van der Waals surface area (Å²) in [5, 5.41) is 12.1. The number of rotatable bonds is 3. The molecule has 0 radical (unpaired) electrons. The Morgan fingerprint density at radius 2 is 2.12 bits per heavy atom. The van der Waals surface area contributed by atoms with E-state index in [1.807, 2.05) is 17.5 Å². The number of halogens is 1. The number of hydrogen-bond donors (Lipinski definition) is 2. The van der Waals surface area contributed by atoms with E-state index in [0.717, 1.165) is 5.56 Å². The summed E-state index contributed by atoms with van der Waals surface area (Å²) < 4.78 is 1.61. The Bertz CT molecular complexity index is 936. The van der Waals surface area contributed by atoms with Crippen molar-refractivity contribution < 1.29 is 9.59 Å². The standard InChI is InChI=1S/C16H12ClN5O2S/c17-10-5-3-9(4-6-10)11-8-13(23)18-16-20-15(21-22(11)16)19-14(24)12-2-1-7-25-12/h1-7,11H,8H2,(H2,18,19,20,21,23,24)/t11-/m1/s1. The Morgan fingerprint density at radius 1 is 1.32 bits per heavy atom. The van der Waals surface area contributed by atoms with Crippen LogP contribution in [0.25, 0.3) is 0 Å². The highest BCUT2D eigenvalue weighted by molar-refractivity contribution is 7.12. The van der Waals surface area contributed by atoms with E-state index in [4.69, 9.17) is 11.6 Å². The van der Waals surface area contributed by atoms with Crippen LogP contribution in [0.3, 0.4) is 0 Å². The van der Waals surface area contributed by atoms with Crippen molar-refractivity contribution in [1.29, 1.82) is 0 Å². The smallest absolute Gasteiger partial charge is 0.268 e. The molecule has 0 unspecified atom stereocenters. The molecule has 1 aromatic carbocycles. The highest BCUT2D eigenvalue weighted by Crippen LogP contribution is 2.30. The lowest BCUT2D eigenvalue weighted by Crippen LogP contribution is -2.29. The van der Waals surface area contributed by atoms with E-state index in [1.165, 1.54) is 11.3 Å². The van der Waals surface area contributed by atoms with Crippen molar-refractivity contribution in [2.75, 3.05) is 10.6 Å². The van der Waals surface area contributed by atoms with E-state index in [9.17, 15) is 9.59 Å². The lowest BCUT2D eigenvalue weighted by Gasteiger charge is -2.23.